The summed E-state index contributed by atoms with van der Waals surface area (Å²) in [6, 6.07) is 0. The van der Waals surface area contributed by atoms with Crippen LogP contribution in [0.1, 0.15) is 12.8 Å². The van der Waals surface area contributed by atoms with Crippen LogP contribution in [0.3, 0.4) is 0 Å². The molecule has 0 heterocycles. The van der Waals surface area contributed by atoms with Gasteiger partial charge in [0.15, 0.2) is 8.32 Å². The Bertz CT molecular complexity index is 209. The van der Waals surface area contributed by atoms with Gasteiger partial charge in [0.1, 0.15) is 0 Å². The SMILES string of the molecule is C#CCC#CCCO[Si](C)(C)C. The van der Waals surface area contributed by atoms with Gasteiger partial charge in [-0.15, -0.1) is 6.42 Å². The van der Waals surface area contributed by atoms with Crippen LogP contribution in [0, 0.1) is 24.2 Å². The number of hydrogen-bond donors (Lipinski definition) is 0. The van der Waals surface area contributed by atoms with Crippen LogP contribution < -0.4 is 0 Å². The maximum Gasteiger partial charge on any atom is 0.183 e. The predicted octanol–water partition coefficient (Wildman–Crippen LogP) is 2.25. The molecular formula is C10H16OSi. The van der Waals surface area contributed by atoms with Gasteiger partial charge >= 0.3 is 0 Å². The van der Waals surface area contributed by atoms with Gasteiger partial charge in [-0.3, -0.25) is 0 Å². The quantitative estimate of drug-likeness (QED) is 0.368. The van der Waals surface area contributed by atoms with E-state index in [9.17, 15) is 0 Å². The van der Waals surface area contributed by atoms with Crippen molar-refractivity contribution in [3.8, 4) is 24.2 Å². The van der Waals surface area contributed by atoms with E-state index in [0.29, 0.717) is 6.42 Å². The highest BCUT2D eigenvalue weighted by Crippen LogP contribution is 2.02. The van der Waals surface area contributed by atoms with Gasteiger partial charge in [0.05, 0.1) is 6.42 Å². The number of terminal acetylenes is 1. The van der Waals surface area contributed by atoms with Gasteiger partial charge in [-0.05, 0) is 19.6 Å². The molecule has 0 saturated carbocycles. The molecule has 12 heavy (non-hydrogen) atoms. The van der Waals surface area contributed by atoms with E-state index in [1.807, 2.05) is 0 Å². The first kappa shape index (κ1) is 11.3. The first-order chi connectivity index (χ1) is 5.56. The van der Waals surface area contributed by atoms with Crippen LogP contribution >= 0.6 is 0 Å². The van der Waals surface area contributed by atoms with Crippen LogP contribution in [-0.2, 0) is 4.43 Å². The van der Waals surface area contributed by atoms with Crippen molar-refractivity contribution in [2.24, 2.45) is 0 Å². The van der Waals surface area contributed by atoms with Gasteiger partial charge in [-0.2, -0.15) is 0 Å². The molecule has 66 valence electrons. The maximum absolute atomic E-state index is 5.59. The normalized spacial score (nSPS) is 9.83. The summed E-state index contributed by atoms with van der Waals surface area (Å²) in [7, 11) is -1.33. The van der Waals surface area contributed by atoms with Crippen LogP contribution in [0.4, 0.5) is 0 Å². The molecule has 0 aliphatic carbocycles. The third-order valence-electron chi connectivity index (χ3n) is 1.08. The van der Waals surface area contributed by atoms with Crippen LogP contribution in [0.25, 0.3) is 0 Å². The van der Waals surface area contributed by atoms with E-state index < -0.39 is 8.32 Å². The highest BCUT2D eigenvalue weighted by Gasteiger charge is 2.12. The van der Waals surface area contributed by atoms with Gasteiger partial charge < -0.3 is 4.43 Å². The Balaban J connectivity index is 3.36. The summed E-state index contributed by atoms with van der Waals surface area (Å²) < 4.78 is 5.59. The van der Waals surface area contributed by atoms with Crippen LogP contribution in [0.2, 0.25) is 19.6 Å². The third-order valence-corrected chi connectivity index (χ3v) is 2.15. The first-order valence-electron chi connectivity index (χ1n) is 4.09. The summed E-state index contributed by atoms with van der Waals surface area (Å²) in [5.41, 5.74) is 0. The highest BCUT2D eigenvalue weighted by atomic mass is 28.4. The summed E-state index contributed by atoms with van der Waals surface area (Å²) in [4.78, 5) is 0. The fourth-order valence-corrected chi connectivity index (χ4v) is 1.32. The molecule has 0 saturated heterocycles. The molecule has 0 aromatic carbocycles. The molecule has 0 rings (SSSR count). The Morgan fingerprint density at radius 1 is 1.25 bits per heavy atom. The molecule has 0 aliphatic rings. The molecule has 0 aromatic rings. The van der Waals surface area contributed by atoms with E-state index >= 15 is 0 Å². The van der Waals surface area contributed by atoms with E-state index in [1.54, 1.807) is 0 Å². The standard InChI is InChI=1S/C10H16OSi/c1-5-6-7-8-9-10-11-12(2,3)4/h1H,6,9-10H2,2-4H3. The molecule has 0 aliphatic heterocycles. The molecule has 0 bridgehead atoms. The fraction of sp³-hybridized carbons (Fsp3) is 0.600. The second-order valence-electron chi connectivity index (χ2n) is 3.45. The number of hydrogen-bond acceptors (Lipinski definition) is 1. The topological polar surface area (TPSA) is 9.23 Å². The van der Waals surface area contributed by atoms with E-state index in [2.05, 4.69) is 37.4 Å². The Morgan fingerprint density at radius 2 is 1.92 bits per heavy atom. The van der Waals surface area contributed by atoms with Gasteiger partial charge in [-0.25, -0.2) is 0 Å². The van der Waals surface area contributed by atoms with Crippen molar-refractivity contribution in [3.05, 3.63) is 0 Å². The molecule has 2 heteroatoms. The second kappa shape index (κ2) is 5.89. The molecule has 0 atom stereocenters. The molecule has 0 N–H and O–H groups in total. The third kappa shape index (κ3) is 9.30. The van der Waals surface area contributed by atoms with Crippen molar-refractivity contribution >= 4 is 8.32 Å². The summed E-state index contributed by atoms with van der Waals surface area (Å²) in [5.74, 6) is 8.30. The Labute approximate surface area is 76.6 Å². The van der Waals surface area contributed by atoms with Gasteiger partial charge in [0.25, 0.3) is 0 Å². The fourth-order valence-electron chi connectivity index (χ4n) is 0.610. The summed E-state index contributed by atoms with van der Waals surface area (Å²) >= 11 is 0. The van der Waals surface area contributed by atoms with E-state index in [-0.39, 0.29) is 0 Å². The largest absolute Gasteiger partial charge is 0.417 e. The van der Waals surface area contributed by atoms with Crippen molar-refractivity contribution in [1.29, 1.82) is 0 Å². The van der Waals surface area contributed by atoms with E-state index in [0.717, 1.165) is 13.0 Å². The Kier molecular flexibility index (Phi) is 5.54. The molecular weight excluding hydrogens is 164 g/mol. The first-order valence-corrected chi connectivity index (χ1v) is 7.50. The van der Waals surface area contributed by atoms with Crippen molar-refractivity contribution in [3.63, 3.8) is 0 Å². The van der Waals surface area contributed by atoms with Crippen LogP contribution in [0.5, 0.6) is 0 Å². The average molecular weight is 180 g/mol. The molecule has 0 aromatic heterocycles. The highest BCUT2D eigenvalue weighted by molar-refractivity contribution is 6.69. The molecule has 0 amide bonds. The van der Waals surface area contributed by atoms with Crippen LogP contribution in [0.15, 0.2) is 0 Å². The summed E-state index contributed by atoms with van der Waals surface area (Å²) in [5, 5.41) is 0. The summed E-state index contributed by atoms with van der Waals surface area (Å²) in [6.45, 7) is 7.25. The predicted molar refractivity (Wildman–Crippen MR) is 55.1 cm³/mol. The monoisotopic (exact) mass is 180 g/mol. The zero-order valence-electron chi connectivity index (χ0n) is 8.11. The Morgan fingerprint density at radius 3 is 2.42 bits per heavy atom. The minimum Gasteiger partial charge on any atom is -0.417 e. The maximum atomic E-state index is 5.59. The molecule has 1 nitrogen and oxygen atoms in total. The minimum atomic E-state index is -1.33. The average Bonchev–Trinajstić information content (AvgIpc) is 1.94. The zero-order chi connectivity index (χ0) is 9.45. The van der Waals surface area contributed by atoms with Crippen molar-refractivity contribution < 1.29 is 4.43 Å². The van der Waals surface area contributed by atoms with Crippen molar-refractivity contribution in [1.82, 2.24) is 0 Å². The van der Waals surface area contributed by atoms with Gasteiger partial charge in [-0.1, -0.05) is 17.8 Å². The lowest BCUT2D eigenvalue weighted by molar-refractivity contribution is 0.321. The second-order valence-corrected chi connectivity index (χ2v) is 7.96. The molecule has 0 radical (unpaired) electrons. The minimum absolute atomic E-state index is 0.549. The van der Waals surface area contributed by atoms with Crippen molar-refractivity contribution in [2.45, 2.75) is 32.5 Å². The lowest BCUT2D eigenvalue weighted by atomic mass is 10.4. The lowest BCUT2D eigenvalue weighted by Gasteiger charge is -2.15. The molecule has 0 spiro atoms. The van der Waals surface area contributed by atoms with Crippen LogP contribution in [-0.4, -0.2) is 14.9 Å². The Hall–Kier alpha value is -0.703. The smallest absolute Gasteiger partial charge is 0.183 e. The summed E-state index contributed by atoms with van der Waals surface area (Å²) in [6.07, 6.45) is 6.38. The number of rotatable bonds is 3. The van der Waals surface area contributed by atoms with E-state index in [4.69, 9.17) is 10.8 Å². The molecule has 0 fully saturated rings. The van der Waals surface area contributed by atoms with Gasteiger partial charge in [0.2, 0.25) is 0 Å². The zero-order valence-corrected chi connectivity index (χ0v) is 9.11. The van der Waals surface area contributed by atoms with Crippen molar-refractivity contribution in [2.75, 3.05) is 6.61 Å². The lowest BCUT2D eigenvalue weighted by Crippen LogP contribution is -2.25. The van der Waals surface area contributed by atoms with Gasteiger partial charge in [0, 0.05) is 13.0 Å². The molecule has 0 unspecified atom stereocenters. The van der Waals surface area contributed by atoms with E-state index in [1.165, 1.54) is 0 Å².